The minimum atomic E-state index is -0.801. The van der Waals surface area contributed by atoms with E-state index in [-0.39, 0.29) is 0 Å². The first-order chi connectivity index (χ1) is 14.5. The molecule has 0 heterocycles. The molecule has 30 heavy (non-hydrogen) atoms. The van der Waals surface area contributed by atoms with Crippen LogP contribution < -0.4 is 20.3 Å². The van der Waals surface area contributed by atoms with E-state index in [1.54, 1.807) is 25.1 Å². The Bertz CT molecular complexity index is 1050. The molecule has 3 aromatic carbocycles. The standard InChI is InChI=1S/C23H23BrN2O4/c1-3-12-29-21-11-9-18(24)14-20(21)23(28)26-25-22(27)15(2)30-19-10-8-16-6-4-5-7-17(16)13-19/h4-11,13-15H,3,12H2,1-2H3,(H,25,27)(H,26,28). The molecule has 0 radical (unpaired) electrons. The van der Waals surface area contributed by atoms with Crippen molar-refractivity contribution in [1.29, 1.82) is 0 Å². The van der Waals surface area contributed by atoms with Crippen LogP contribution in [0.5, 0.6) is 11.5 Å². The Hall–Kier alpha value is -3.06. The van der Waals surface area contributed by atoms with Crippen LogP contribution in [0.3, 0.4) is 0 Å². The minimum absolute atomic E-state index is 0.321. The van der Waals surface area contributed by atoms with Crippen LogP contribution in [-0.2, 0) is 4.79 Å². The lowest BCUT2D eigenvalue weighted by Crippen LogP contribution is -2.47. The van der Waals surface area contributed by atoms with Gasteiger partial charge in [-0.25, -0.2) is 0 Å². The van der Waals surface area contributed by atoms with Gasteiger partial charge in [0.2, 0.25) is 0 Å². The van der Waals surface area contributed by atoms with Crippen molar-refractivity contribution in [2.24, 2.45) is 0 Å². The molecule has 0 aliphatic rings. The number of halogens is 1. The molecular formula is C23H23BrN2O4. The van der Waals surface area contributed by atoms with E-state index < -0.39 is 17.9 Å². The van der Waals surface area contributed by atoms with E-state index in [9.17, 15) is 9.59 Å². The molecule has 2 amide bonds. The predicted octanol–water partition coefficient (Wildman–Crippen LogP) is 4.62. The summed E-state index contributed by atoms with van der Waals surface area (Å²) in [6.07, 6.45) is 0.0158. The molecule has 6 nitrogen and oxygen atoms in total. The van der Waals surface area contributed by atoms with Gasteiger partial charge < -0.3 is 9.47 Å². The smallest absolute Gasteiger partial charge is 0.279 e. The monoisotopic (exact) mass is 470 g/mol. The highest BCUT2D eigenvalue weighted by molar-refractivity contribution is 9.10. The van der Waals surface area contributed by atoms with E-state index in [0.717, 1.165) is 21.7 Å². The van der Waals surface area contributed by atoms with Gasteiger partial charge in [-0.1, -0.05) is 53.2 Å². The molecule has 1 atom stereocenters. The number of ether oxygens (including phenoxy) is 2. The normalized spacial score (nSPS) is 11.6. The van der Waals surface area contributed by atoms with E-state index in [1.807, 2.05) is 49.4 Å². The van der Waals surface area contributed by atoms with Crippen molar-refractivity contribution in [2.75, 3.05) is 6.61 Å². The largest absolute Gasteiger partial charge is 0.493 e. The highest BCUT2D eigenvalue weighted by Crippen LogP contribution is 2.24. The maximum absolute atomic E-state index is 12.5. The van der Waals surface area contributed by atoms with E-state index in [0.29, 0.717) is 23.7 Å². The molecule has 0 aliphatic carbocycles. The number of hydrogen-bond acceptors (Lipinski definition) is 4. The summed E-state index contributed by atoms with van der Waals surface area (Å²) < 4.78 is 12.1. The lowest BCUT2D eigenvalue weighted by atomic mass is 10.1. The Morgan fingerprint density at radius 3 is 2.53 bits per heavy atom. The van der Waals surface area contributed by atoms with Crippen molar-refractivity contribution in [2.45, 2.75) is 26.4 Å². The van der Waals surface area contributed by atoms with Crippen molar-refractivity contribution in [1.82, 2.24) is 10.9 Å². The first-order valence-electron chi connectivity index (χ1n) is 9.66. The van der Waals surface area contributed by atoms with Crippen LogP contribution >= 0.6 is 15.9 Å². The second kappa shape index (κ2) is 10.1. The lowest BCUT2D eigenvalue weighted by Gasteiger charge is -2.16. The fourth-order valence-corrected chi connectivity index (χ4v) is 3.16. The number of hydrogen-bond donors (Lipinski definition) is 2. The highest BCUT2D eigenvalue weighted by Gasteiger charge is 2.18. The first kappa shape index (κ1) is 21.6. The third-order valence-electron chi connectivity index (χ3n) is 4.35. The average Bonchev–Trinajstić information content (AvgIpc) is 2.76. The van der Waals surface area contributed by atoms with Crippen LogP contribution in [-0.4, -0.2) is 24.5 Å². The van der Waals surface area contributed by atoms with Gasteiger partial charge in [0, 0.05) is 4.47 Å². The molecule has 0 saturated heterocycles. The summed E-state index contributed by atoms with van der Waals surface area (Å²) in [7, 11) is 0. The Labute approximate surface area is 183 Å². The summed E-state index contributed by atoms with van der Waals surface area (Å²) in [6.45, 7) is 4.09. The Balaban J connectivity index is 1.60. The highest BCUT2D eigenvalue weighted by atomic mass is 79.9. The molecule has 0 aliphatic heterocycles. The average molecular weight is 471 g/mol. The molecule has 156 valence electrons. The molecule has 7 heteroatoms. The van der Waals surface area contributed by atoms with E-state index in [2.05, 4.69) is 26.8 Å². The number of amides is 2. The number of carbonyl (C=O) groups is 2. The molecule has 3 rings (SSSR count). The third kappa shape index (κ3) is 5.51. The van der Waals surface area contributed by atoms with Gasteiger partial charge in [-0.15, -0.1) is 0 Å². The number of carbonyl (C=O) groups excluding carboxylic acids is 2. The number of rotatable bonds is 7. The van der Waals surface area contributed by atoms with Crippen molar-refractivity contribution >= 4 is 38.5 Å². The van der Waals surface area contributed by atoms with Crippen molar-refractivity contribution < 1.29 is 19.1 Å². The molecule has 1 unspecified atom stereocenters. The second-order valence-corrected chi connectivity index (χ2v) is 7.62. The molecule has 0 saturated carbocycles. The van der Waals surface area contributed by atoms with Crippen LogP contribution in [0.4, 0.5) is 0 Å². The molecule has 0 spiro atoms. The number of nitrogens with one attached hydrogen (secondary N) is 2. The minimum Gasteiger partial charge on any atom is -0.493 e. The topological polar surface area (TPSA) is 76.7 Å². The van der Waals surface area contributed by atoms with Crippen LogP contribution in [0, 0.1) is 0 Å². The van der Waals surface area contributed by atoms with Crippen LogP contribution in [0.15, 0.2) is 65.1 Å². The summed E-state index contributed by atoms with van der Waals surface area (Å²) in [6, 6.07) is 18.6. The predicted molar refractivity (Wildman–Crippen MR) is 120 cm³/mol. The molecule has 3 aromatic rings. The lowest BCUT2D eigenvalue weighted by molar-refractivity contribution is -0.128. The zero-order valence-electron chi connectivity index (χ0n) is 16.8. The summed E-state index contributed by atoms with van der Waals surface area (Å²) in [5, 5.41) is 2.11. The molecule has 0 aromatic heterocycles. The van der Waals surface area contributed by atoms with Crippen LogP contribution in [0.25, 0.3) is 10.8 Å². The second-order valence-electron chi connectivity index (χ2n) is 6.70. The van der Waals surface area contributed by atoms with Gasteiger partial charge in [0.25, 0.3) is 11.8 Å². The van der Waals surface area contributed by atoms with E-state index >= 15 is 0 Å². The molecule has 2 N–H and O–H groups in total. The Morgan fingerprint density at radius 2 is 1.77 bits per heavy atom. The van der Waals surface area contributed by atoms with Gasteiger partial charge in [-0.2, -0.15) is 0 Å². The SMILES string of the molecule is CCCOc1ccc(Br)cc1C(=O)NNC(=O)C(C)Oc1ccc2ccccc2c1. The van der Waals surface area contributed by atoms with Crippen molar-refractivity contribution in [3.63, 3.8) is 0 Å². The summed E-state index contributed by atoms with van der Waals surface area (Å²) in [4.78, 5) is 24.9. The van der Waals surface area contributed by atoms with Gasteiger partial charge in [0.15, 0.2) is 6.10 Å². The van der Waals surface area contributed by atoms with Gasteiger partial charge in [-0.05, 0) is 54.4 Å². The van der Waals surface area contributed by atoms with Gasteiger partial charge >= 0.3 is 0 Å². The maximum atomic E-state index is 12.5. The van der Waals surface area contributed by atoms with Gasteiger partial charge in [0.1, 0.15) is 11.5 Å². The quantitative estimate of drug-likeness (QED) is 0.493. The number of hydrazine groups is 1. The van der Waals surface area contributed by atoms with Crippen molar-refractivity contribution in [3.05, 3.63) is 70.7 Å². The Kier molecular flexibility index (Phi) is 7.30. The van der Waals surface area contributed by atoms with Crippen LogP contribution in [0.1, 0.15) is 30.6 Å². The van der Waals surface area contributed by atoms with E-state index in [1.165, 1.54) is 0 Å². The van der Waals surface area contributed by atoms with Crippen molar-refractivity contribution in [3.8, 4) is 11.5 Å². The van der Waals surface area contributed by atoms with Crippen LogP contribution in [0.2, 0.25) is 0 Å². The number of fused-ring (bicyclic) bond motifs is 1. The summed E-state index contributed by atoms with van der Waals surface area (Å²) in [5.74, 6) is 0.0772. The zero-order chi connectivity index (χ0) is 21.5. The summed E-state index contributed by atoms with van der Waals surface area (Å²) >= 11 is 3.35. The molecule has 0 fully saturated rings. The van der Waals surface area contributed by atoms with Gasteiger partial charge in [-0.3, -0.25) is 20.4 Å². The zero-order valence-corrected chi connectivity index (χ0v) is 18.4. The molecular weight excluding hydrogens is 448 g/mol. The first-order valence-corrected chi connectivity index (χ1v) is 10.4. The fraction of sp³-hybridized carbons (Fsp3) is 0.217. The van der Waals surface area contributed by atoms with E-state index in [4.69, 9.17) is 9.47 Å². The Morgan fingerprint density at radius 1 is 1.00 bits per heavy atom. The fourth-order valence-electron chi connectivity index (χ4n) is 2.80. The number of benzene rings is 3. The molecule has 0 bridgehead atoms. The third-order valence-corrected chi connectivity index (χ3v) is 4.84. The summed E-state index contributed by atoms with van der Waals surface area (Å²) in [5.41, 5.74) is 5.15. The van der Waals surface area contributed by atoms with Gasteiger partial charge in [0.05, 0.1) is 12.2 Å². The maximum Gasteiger partial charge on any atom is 0.279 e.